The molecule has 2 aliphatic heterocycles. The molecule has 5 heterocycles. The van der Waals surface area contributed by atoms with Crippen LogP contribution in [0.4, 0.5) is 20.3 Å². The Hall–Kier alpha value is -6.27. The lowest BCUT2D eigenvalue weighted by Gasteiger charge is -2.40. The normalized spacial score (nSPS) is 15.5. The number of aryl methyl sites for hydroxylation is 1. The van der Waals surface area contributed by atoms with E-state index in [4.69, 9.17) is 16.3 Å². The zero-order valence-corrected chi connectivity index (χ0v) is 34.6. The number of carbonyl (C=O) groups is 4. The topological polar surface area (TPSA) is 169 Å². The number of halogens is 3. The van der Waals surface area contributed by atoms with Crippen LogP contribution in [-0.2, 0) is 23.2 Å². The predicted molar refractivity (Wildman–Crippen MR) is 218 cm³/mol. The number of hydrogen-bond acceptors (Lipinski definition) is 9. The molecule has 0 unspecified atom stereocenters. The lowest BCUT2D eigenvalue weighted by molar-refractivity contribution is -0.895. The van der Waals surface area contributed by atoms with Crippen LogP contribution in [-0.4, -0.2) is 128 Å². The fourth-order valence-electron chi connectivity index (χ4n) is 7.54. The summed E-state index contributed by atoms with van der Waals surface area (Å²) in [5.74, 6) is -3.14. The van der Waals surface area contributed by atoms with Crippen LogP contribution in [0, 0.1) is 24.5 Å². The number of quaternary nitrogens is 1. The molecule has 19 heteroatoms. The van der Waals surface area contributed by atoms with E-state index in [9.17, 15) is 19.2 Å². The van der Waals surface area contributed by atoms with E-state index in [1.54, 1.807) is 17.9 Å². The summed E-state index contributed by atoms with van der Waals surface area (Å²) in [4.78, 5) is 60.3. The number of piperidine rings is 1. The van der Waals surface area contributed by atoms with E-state index in [1.807, 2.05) is 4.90 Å². The van der Waals surface area contributed by atoms with Crippen LogP contribution >= 0.6 is 11.6 Å². The molecule has 0 radical (unpaired) electrons. The van der Waals surface area contributed by atoms with Crippen LogP contribution in [0.25, 0.3) is 22.4 Å². The number of nitrogens with one attached hydrogen (secondary N) is 2. The van der Waals surface area contributed by atoms with Crippen LogP contribution in [0.3, 0.4) is 0 Å². The van der Waals surface area contributed by atoms with Crippen molar-refractivity contribution in [3.63, 3.8) is 0 Å². The highest BCUT2D eigenvalue weighted by molar-refractivity contribution is 6.34. The number of nitrogens with zero attached hydrogens (tertiary/aromatic N) is 9. The summed E-state index contributed by atoms with van der Waals surface area (Å²) >= 11 is 6.56. The maximum Gasteiger partial charge on any atom is 0.291 e. The van der Waals surface area contributed by atoms with Crippen LogP contribution in [0.1, 0.15) is 39.5 Å². The number of likely N-dealkylation sites (tertiary alicyclic amines) is 1. The molecule has 4 amide bonds. The van der Waals surface area contributed by atoms with E-state index in [2.05, 4.69) is 45.0 Å². The van der Waals surface area contributed by atoms with E-state index in [-0.39, 0.29) is 74.8 Å². The van der Waals surface area contributed by atoms with Gasteiger partial charge < -0.3 is 34.2 Å². The second-order valence-electron chi connectivity index (χ2n) is 15.6. The first-order valence-corrected chi connectivity index (χ1v) is 19.7. The number of aromatic nitrogens is 6. The smallest absolute Gasteiger partial charge is 0.291 e. The number of rotatable bonds is 10. The second kappa shape index (κ2) is 17.1. The average Bonchev–Trinajstić information content (AvgIpc) is 3.79. The summed E-state index contributed by atoms with van der Waals surface area (Å²) in [6.07, 6.45) is 4.43. The van der Waals surface area contributed by atoms with Gasteiger partial charge in [0, 0.05) is 86.6 Å². The van der Waals surface area contributed by atoms with E-state index in [0.29, 0.717) is 37.6 Å². The van der Waals surface area contributed by atoms with Crippen molar-refractivity contribution >= 4 is 46.7 Å². The number of carbonyl (C=O) groups excluding carboxylic acids is 4. The Labute approximate surface area is 349 Å². The van der Waals surface area contributed by atoms with Crippen LogP contribution in [0.2, 0.25) is 5.02 Å². The Morgan fingerprint density at radius 2 is 1.58 bits per heavy atom. The quantitative estimate of drug-likeness (QED) is 0.190. The molecular formula is C41H45ClF2N11O5+. The molecule has 2 aromatic carbocycles. The summed E-state index contributed by atoms with van der Waals surface area (Å²) in [6.45, 7) is 4.99. The van der Waals surface area contributed by atoms with Gasteiger partial charge in [-0.25, -0.2) is 13.8 Å². The van der Waals surface area contributed by atoms with Crippen molar-refractivity contribution in [2.45, 2.75) is 26.3 Å². The van der Waals surface area contributed by atoms with Gasteiger partial charge in [0.05, 0.1) is 62.5 Å². The average molecular weight is 845 g/mol. The Bertz CT molecular complexity index is 2450. The largest absolute Gasteiger partial charge is 0.480 e. The molecule has 7 rings (SSSR count). The van der Waals surface area contributed by atoms with Gasteiger partial charge >= 0.3 is 0 Å². The van der Waals surface area contributed by atoms with E-state index in [0.717, 1.165) is 30.4 Å². The number of piperazine rings is 1. The van der Waals surface area contributed by atoms with Gasteiger partial charge in [0.2, 0.25) is 17.7 Å². The third-order valence-corrected chi connectivity index (χ3v) is 11.4. The zero-order chi connectivity index (χ0) is 42.9. The Balaban J connectivity index is 0.968. The van der Waals surface area contributed by atoms with Crippen LogP contribution in [0.5, 0.6) is 5.88 Å². The number of ether oxygens (including phenoxy) is 1. The standard InChI is InChI=1S/C41H44ClF2N11O5/c1-24-30(22-54(50-24)23-34(56)47-33-10-11-35(60-5)49-48-33)27-8-9-29(37(44)36(27)43)32-21-45-38(51(32)2)39(57)46-26-6-7-28(31(42)20-26)41(59)53-16-14-52(15-17-53)40(58)25-12-18-55(3,4)19-13-25/h6-11,20-22,25H,12-19,23H2,1-5H3,(H-,46,47,48,56,57,59)/p+1. The van der Waals surface area contributed by atoms with E-state index < -0.39 is 23.4 Å². The SMILES string of the molecule is COc1ccc(NC(=O)Cn2cc(-c3ccc(-c4cnc(C(=O)Nc5ccc(C(=O)N6CCN(C(=O)C7CC[N+](C)(C)CC7)CC6)c(Cl)c5)n4C)c(F)c3F)c(C)n2)nn1. The van der Waals surface area contributed by atoms with Crippen LogP contribution in [0.15, 0.2) is 54.9 Å². The molecular weight excluding hydrogens is 800 g/mol. The minimum atomic E-state index is -1.17. The minimum Gasteiger partial charge on any atom is -0.480 e. The molecule has 2 N–H and O–H groups in total. The highest BCUT2D eigenvalue weighted by Gasteiger charge is 2.35. The van der Waals surface area contributed by atoms with Gasteiger partial charge in [-0.3, -0.25) is 23.9 Å². The first-order chi connectivity index (χ1) is 28.6. The molecule has 0 bridgehead atoms. The number of benzene rings is 2. The lowest BCUT2D eigenvalue weighted by Crippen LogP contribution is -2.54. The lowest BCUT2D eigenvalue weighted by atomic mass is 9.94. The van der Waals surface area contributed by atoms with E-state index >= 15 is 8.78 Å². The van der Waals surface area contributed by atoms with Gasteiger partial charge in [-0.05, 0) is 37.3 Å². The summed E-state index contributed by atoms with van der Waals surface area (Å²) < 4.78 is 40.0. The molecule has 3 aromatic heterocycles. The van der Waals surface area contributed by atoms with Gasteiger partial charge in [0.15, 0.2) is 23.3 Å². The minimum absolute atomic E-state index is 0.0233. The number of amides is 4. The Kier molecular flexibility index (Phi) is 12.0. The molecule has 16 nitrogen and oxygen atoms in total. The molecule has 0 aliphatic carbocycles. The van der Waals surface area contributed by atoms with Crippen molar-refractivity contribution in [1.29, 1.82) is 0 Å². The Morgan fingerprint density at radius 3 is 2.25 bits per heavy atom. The molecule has 2 saturated heterocycles. The summed E-state index contributed by atoms with van der Waals surface area (Å²) in [6, 6.07) is 10.4. The van der Waals surface area contributed by atoms with Crippen molar-refractivity contribution in [2.75, 3.05) is 71.1 Å². The van der Waals surface area contributed by atoms with Crippen molar-refractivity contribution < 1.29 is 37.2 Å². The van der Waals surface area contributed by atoms with Gasteiger partial charge in [-0.1, -0.05) is 17.7 Å². The maximum absolute atomic E-state index is 15.8. The highest BCUT2D eigenvalue weighted by atomic mass is 35.5. The third-order valence-electron chi connectivity index (χ3n) is 11.1. The van der Waals surface area contributed by atoms with Crippen molar-refractivity contribution in [3.05, 3.63) is 88.6 Å². The number of hydrogen-bond donors (Lipinski definition) is 2. The number of imidazole rings is 1. The molecule has 2 aliphatic rings. The molecule has 0 spiro atoms. The molecule has 60 heavy (non-hydrogen) atoms. The second-order valence-corrected chi connectivity index (χ2v) is 16.0. The predicted octanol–water partition coefficient (Wildman–Crippen LogP) is 4.65. The molecule has 2 fully saturated rings. The van der Waals surface area contributed by atoms with Crippen LogP contribution < -0.4 is 15.4 Å². The summed E-state index contributed by atoms with van der Waals surface area (Å²) in [7, 11) is 7.30. The first-order valence-electron chi connectivity index (χ1n) is 19.4. The van der Waals surface area contributed by atoms with Gasteiger partial charge in [-0.2, -0.15) is 5.10 Å². The highest BCUT2D eigenvalue weighted by Crippen LogP contribution is 2.33. The van der Waals surface area contributed by atoms with Gasteiger partial charge in [-0.15, -0.1) is 10.2 Å². The summed E-state index contributed by atoms with van der Waals surface area (Å²) in [5, 5.41) is 17.4. The number of methoxy groups -OCH3 is 1. The zero-order valence-electron chi connectivity index (χ0n) is 33.8. The summed E-state index contributed by atoms with van der Waals surface area (Å²) in [5.41, 5.74) is 1.12. The fourth-order valence-corrected chi connectivity index (χ4v) is 7.80. The van der Waals surface area contributed by atoms with Crippen molar-refractivity contribution in [1.82, 2.24) is 39.3 Å². The first kappa shape index (κ1) is 41.9. The van der Waals surface area contributed by atoms with Gasteiger partial charge in [0.25, 0.3) is 11.8 Å². The molecule has 0 saturated carbocycles. The van der Waals surface area contributed by atoms with Gasteiger partial charge in [0.1, 0.15) is 6.54 Å². The maximum atomic E-state index is 15.8. The monoisotopic (exact) mass is 844 g/mol. The third kappa shape index (κ3) is 8.84. The molecule has 0 atom stereocenters. The molecule has 314 valence electrons. The molecule has 5 aromatic rings. The number of anilines is 2. The van der Waals surface area contributed by atoms with Crippen molar-refractivity contribution in [3.8, 4) is 28.3 Å². The van der Waals surface area contributed by atoms with Crippen molar-refractivity contribution in [2.24, 2.45) is 13.0 Å². The van der Waals surface area contributed by atoms with E-state index in [1.165, 1.54) is 72.2 Å². The fraction of sp³-hybridized carbons (Fsp3) is 0.366. The Morgan fingerprint density at radius 1 is 0.900 bits per heavy atom.